The van der Waals surface area contributed by atoms with Gasteiger partial charge in [0.25, 0.3) is 0 Å². The molecule has 0 unspecified atom stereocenters. The average molecular weight is 211 g/mol. The second-order valence-corrected chi connectivity index (χ2v) is 5.59. The third kappa shape index (κ3) is 2.52. The van der Waals surface area contributed by atoms with Crippen molar-refractivity contribution in [2.75, 3.05) is 53.4 Å². The van der Waals surface area contributed by atoms with Crippen molar-refractivity contribution in [1.82, 2.24) is 14.7 Å². The molecule has 0 aromatic heterocycles. The van der Waals surface area contributed by atoms with Gasteiger partial charge in [-0.1, -0.05) is 0 Å². The van der Waals surface area contributed by atoms with E-state index in [2.05, 4.69) is 35.7 Å². The molecule has 0 N–H and O–H groups in total. The van der Waals surface area contributed by atoms with E-state index in [0.717, 1.165) is 0 Å². The Bertz CT molecular complexity index is 201. The molecule has 0 saturated carbocycles. The normalized spacial score (nSPS) is 30.6. The minimum Gasteiger partial charge on any atom is -0.306 e. The van der Waals surface area contributed by atoms with Gasteiger partial charge in [-0.2, -0.15) is 0 Å². The maximum Gasteiger partial charge on any atom is 0.0206 e. The Kier molecular flexibility index (Phi) is 3.33. The van der Waals surface area contributed by atoms with Gasteiger partial charge in [-0.3, -0.25) is 4.90 Å². The zero-order valence-corrected chi connectivity index (χ0v) is 10.5. The third-order valence-electron chi connectivity index (χ3n) is 4.33. The standard InChI is InChI=1S/C12H25N3/c1-12(4-6-13(2)7-5-12)15-10-8-14(3)9-11-15/h4-11H2,1-3H3. The van der Waals surface area contributed by atoms with E-state index < -0.39 is 0 Å². The molecule has 2 heterocycles. The Balaban J connectivity index is 1.91. The van der Waals surface area contributed by atoms with Crippen LogP contribution in [0.1, 0.15) is 19.8 Å². The van der Waals surface area contributed by atoms with E-state index in [9.17, 15) is 0 Å². The molecule has 2 saturated heterocycles. The van der Waals surface area contributed by atoms with E-state index in [4.69, 9.17) is 0 Å². The van der Waals surface area contributed by atoms with Crippen LogP contribution < -0.4 is 0 Å². The summed E-state index contributed by atoms with van der Waals surface area (Å²) in [6.07, 6.45) is 2.68. The van der Waals surface area contributed by atoms with Crippen LogP contribution in [0.4, 0.5) is 0 Å². The number of likely N-dealkylation sites (tertiary alicyclic amines) is 1. The summed E-state index contributed by atoms with van der Waals surface area (Å²) in [5.74, 6) is 0. The van der Waals surface area contributed by atoms with Gasteiger partial charge in [-0.15, -0.1) is 0 Å². The maximum atomic E-state index is 2.72. The van der Waals surface area contributed by atoms with Crippen LogP contribution in [-0.2, 0) is 0 Å². The molecule has 3 heteroatoms. The molecular formula is C12H25N3. The fourth-order valence-electron chi connectivity index (χ4n) is 2.76. The first-order chi connectivity index (χ1) is 7.10. The minimum absolute atomic E-state index is 0.480. The largest absolute Gasteiger partial charge is 0.306 e. The summed E-state index contributed by atoms with van der Waals surface area (Å²) < 4.78 is 0. The summed E-state index contributed by atoms with van der Waals surface area (Å²) >= 11 is 0. The average Bonchev–Trinajstić information content (AvgIpc) is 2.24. The highest BCUT2D eigenvalue weighted by Gasteiger charge is 2.35. The van der Waals surface area contributed by atoms with Crippen LogP contribution in [0.15, 0.2) is 0 Å². The van der Waals surface area contributed by atoms with Crippen molar-refractivity contribution in [2.45, 2.75) is 25.3 Å². The van der Waals surface area contributed by atoms with Gasteiger partial charge >= 0.3 is 0 Å². The van der Waals surface area contributed by atoms with E-state index >= 15 is 0 Å². The fraction of sp³-hybridized carbons (Fsp3) is 1.00. The summed E-state index contributed by atoms with van der Waals surface area (Å²) in [7, 11) is 4.47. The van der Waals surface area contributed by atoms with E-state index in [-0.39, 0.29) is 0 Å². The van der Waals surface area contributed by atoms with Gasteiger partial charge in [0.15, 0.2) is 0 Å². The van der Waals surface area contributed by atoms with Gasteiger partial charge in [0.05, 0.1) is 0 Å². The lowest BCUT2D eigenvalue weighted by Crippen LogP contribution is -2.58. The smallest absolute Gasteiger partial charge is 0.0206 e. The molecule has 2 rings (SSSR count). The molecule has 15 heavy (non-hydrogen) atoms. The highest BCUT2D eigenvalue weighted by Crippen LogP contribution is 2.28. The number of piperidine rings is 1. The molecule has 2 aliphatic rings. The predicted octanol–water partition coefficient (Wildman–Crippen LogP) is 0.718. The van der Waals surface area contributed by atoms with Crippen LogP contribution in [0.3, 0.4) is 0 Å². The lowest BCUT2D eigenvalue weighted by molar-refractivity contribution is 0.0103. The number of likely N-dealkylation sites (N-methyl/N-ethyl adjacent to an activating group) is 1. The van der Waals surface area contributed by atoms with Crippen molar-refractivity contribution >= 4 is 0 Å². The Morgan fingerprint density at radius 1 is 0.733 bits per heavy atom. The number of piperazine rings is 1. The molecule has 0 bridgehead atoms. The predicted molar refractivity (Wildman–Crippen MR) is 64.2 cm³/mol. The summed E-state index contributed by atoms with van der Waals surface area (Å²) in [6, 6.07) is 0. The highest BCUT2D eigenvalue weighted by atomic mass is 15.3. The van der Waals surface area contributed by atoms with Gasteiger partial charge in [-0.25, -0.2) is 0 Å². The van der Waals surface area contributed by atoms with Gasteiger partial charge < -0.3 is 9.80 Å². The van der Waals surface area contributed by atoms with Crippen LogP contribution in [0, 0.1) is 0 Å². The van der Waals surface area contributed by atoms with Crippen LogP contribution in [0.25, 0.3) is 0 Å². The second kappa shape index (κ2) is 4.40. The monoisotopic (exact) mass is 211 g/mol. The maximum absolute atomic E-state index is 2.72. The first-order valence-corrected chi connectivity index (χ1v) is 6.22. The van der Waals surface area contributed by atoms with Crippen molar-refractivity contribution < 1.29 is 0 Å². The lowest BCUT2D eigenvalue weighted by atomic mass is 9.87. The molecule has 88 valence electrons. The van der Waals surface area contributed by atoms with Crippen molar-refractivity contribution in [3.05, 3.63) is 0 Å². The quantitative estimate of drug-likeness (QED) is 0.633. The van der Waals surface area contributed by atoms with E-state index in [1.54, 1.807) is 0 Å². The molecule has 0 aliphatic carbocycles. The van der Waals surface area contributed by atoms with Crippen molar-refractivity contribution in [2.24, 2.45) is 0 Å². The molecule has 0 spiro atoms. The van der Waals surface area contributed by atoms with Gasteiger partial charge in [0, 0.05) is 31.7 Å². The molecule has 2 fully saturated rings. The Hall–Kier alpha value is -0.120. The van der Waals surface area contributed by atoms with Gasteiger partial charge in [-0.05, 0) is 47.0 Å². The van der Waals surface area contributed by atoms with Crippen LogP contribution in [0.5, 0.6) is 0 Å². The highest BCUT2D eigenvalue weighted by molar-refractivity contribution is 4.92. The summed E-state index contributed by atoms with van der Waals surface area (Å²) in [4.78, 5) is 7.62. The molecular weight excluding hydrogens is 186 g/mol. The Morgan fingerprint density at radius 3 is 1.73 bits per heavy atom. The van der Waals surface area contributed by atoms with Crippen molar-refractivity contribution in [3.63, 3.8) is 0 Å². The molecule has 3 nitrogen and oxygen atoms in total. The Morgan fingerprint density at radius 2 is 1.20 bits per heavy atom. The van der Waals surface area contributed by atoms with Crippen LogP contribution in [-0.4, -0.2) is 73.6 Å². The van der Waals surface area contributed by atoms with Crippen LogP contribution in [0.2, 0.25) is 0 Å². The summed E-state index contributed by atoms with van der Waals surface area (Å²) in [6.45, 7) is 10.0. The number of hydrogen-bond acceptors (Lipinski definition) is 3. The van der Waals surface area contributed by atoms with Crippen molar-refractivity contribution in [3.8, 4) is 0 Å². The third-order valence-corrected chi connectivity index (χ3v) is 4.33. The zero-order chi connectivity index (χ0) is 10.9. The van der Waals surface area contributed by atoms with Crippen molar-refractivity contribution in [1.29, 1.82) is 0 Å². The SMILES string of the molecule is CN1CCN(C2(C)CCN(C)CC2)CC1. The molecule has 0 aromatic rings. The minimum atomic E-state index is 0.480. The van der Waals surface area contributed by atoms with E-state index in [0.29, 0.717) is 5.54 Å². The number of nitrogens with zero attached hydrogens (tertiary/aromatic N) is 3. The molecule has 0 atom stereocenters. The van der Waals surface area contributed by atoms with Gasteiger partial charge in [0.2, 0.25) is 0 Å². The van der Waals surface area contributed by atoms with E-state index in [1.165, 1.54) is 52.1 Å². The van der Waals surface area contributed by atoms with E-state index in [1.807, 2.05) is 0 Å². The number of hydrogen-bond donors (Lipinski definition) is 0. The van der Waals surface area contributed by atoms with Gasteiger partial charge in [0.1, 0.15) is 0 Å². The molecule has 0 amide bonds. The second-order valence-electron chi connectivity index (χ2n) is 5.59. The zero-order valence-electron chi connectivity index (χ0n) is 10.5. The van der Waals surface area contributed by atoms with Crippen LogP contribution >= 0.6 is 0 Å². The topological polar surface area (TPSA) is 9.72 Å². The first kappa shape index (κ1) is 11.4. The summed E-state index contributed by atoms with van der Waals surface area (Å²) in [5.41, 5.74) is 0.480. The lowest BCUT2D eigenvalue weighted by Gasteiger charge is -2.49. The molecule has 2 aliphatic heterocycles. The summed E-state index contributed by atoms with van der Waals surface area (Å²) in [5, 5.41) is 0. The fourth-order valence-corrected chi connectivity index (χ4v) is 2.76. The Labute approximate surface area is 94.0 Å². The molecule has 0 aromatic carbocycles. The number of rotatable bonds is 1. The molecule has 0 radical (unpaired) electrons. The first-order valence-electron chi connectivity index (χ1n) is 6.22.